The summed E-state index contributed by atoms with van der Waals surface area (Å²) < 4.78 is 43.3. The highest BCUT2D eigenvalue weighted by Crippen LogP contribution is 2.48. The molecule has 6 nitrogen and oxygen atoms in total. The van der Waals surface area contributed by atoms with E-state index in [0.29, 0.717) is 65.5 Å². The second-order valence-corrected chi connectivity index (χ2v) is 11.3. The van der Waals surface area contributed by atoms with Crippen molar-refractivity contribution in [3.05, 3.63) is 92.7 Å². The molecule has 41 heavy (non-hydrogen) atoms. The second kappa shape index (κ2) is 12.1. The third kappa shape index (κ3) is 7.09. The number of halogens is 6. The standard InChI is InChI=1S/C29H26Cl3F3N4O2/c30-23-5-3-19(14-24(23)31)2-1-11-38-12-8-28(9-13-38)18-39(27(40)37-17-20-7-10-36-26(32)15-20)25-6-4-21(16-22(25)28)41-29(33,34)35/h1-7,10,14-16H,8-9,11-13,17-18H2,(H,37,40)/b2-1+. The normalized spacial score (nSPS) is 16.8. The van der Waals surface area contributed by atoms with Gasteiger partial charge in [-0.2, -0.15) is 0 Å². The summed E-state index contributed by atoms with van der Waals surface area (Å²) in [6.07, 6.45) is 2.09. The lowest BCUT2D eigenvalue weighted by atomic mass is 9.74. The number of rotatable bonds is 6. The molecular weight excluding hydrogens is 600 g/mol. The number of fused-ring (bicyclic) bond motifs is 2. The number of ether oxygens (including phenoxy) is 1. The summed E-state index contributed by atoms with van der Waals surface area (Å²) in [6.45, 7) is 2.70. The van der Waals surface area contributed by atoms with Crippen LogP contribution in [0.2, 0.25) is 15.2 Å². The van der Waals surface area contributed by atoms with Crippen LogP contribution in [-0.2, 0) is 12.0 Å². The van der Waals surface area contributed by atoms with E-state index in [2.05, 4.69) is 19.9 Å². The molecule has 1 saturated heterocycles. The van der Waals surface area contributed by atoms with Gasteiger partial charge in [-0.05, 0) is 85.1 Å². The van der Waals surface area contributed by atoms with Crippen molar-refractivity contribution in [2.75, 3.05) is 31.1 Å². The Morgan fingerprint density at radius 1 is 1.05 bits per heavy atom. The first-order chi connectivity index (χ1) is 19.5. The highest BCUT2D eigenvalue weighted by atomic mass is 35.5. The fourth-order valence-corrected chi connectivity index (χ4v) is 5.90. The van der Waals surface area contributed by atoms with Crippen molar-refractivity contribution in [1.29, 1.82) is 0 Å². The maximum absolute atomic E-state index is 13.3. The Labute approximate surface area is 250 Å². The van der Waals surface area contributed by atoms with E-state index >= 15 is 0 Å². The van der Waals surface area contributed by atoms with Gasteiger partial charge >= 0.3 is 12.4 Å². The van der Waals surface area contributed by atoms with Gasteiger partial charge in [-0.1, -0.05) is 53.0 Å². The monoisotopic (exact) mass is 624 g/mol. The van der Waals surface area contributed by atoms with E-state index in [1.165, 1.54) is 18.2 Å². The number of hydrogen-bond donors (Lipinski definition) is 1. The van der Waals surface area contributed by atoms with Crippen LogP contribution in [0.3, 0.4) is 0 Å². The van der Waals surface area contributed by atoms with Crippen LogP contribution in [-0.4, -0.2) is 48.5 Å². The SMILES string of the molecule is O=C(NCc1ccnc(Cl)c1)N1CC2(CCN(C/C=C/c3ccc(Cl)c(Cl)c3)CC2)c2cc(OC(F)(F)F)ccc21. The summed E-state index contributed by atoms with van der Waals surface area (Å²) in [4.78, 5) is 21.1. The summed E-state index contributed by atoms with van der Waals surface area (Å²) in [7, 11) is 0. The van der Waals surface area contributed by atoms with E-state index < -0.39 is 11.8 Å². The van der Waals surface area contributed by atoms with Crippen molar-refractivity contribution >= 4 is 52.6 Å². The first-order valence-corrected chi connectivity index (χ1v) is 14.0. The Balaban J connectivity index is 1.30. The van der Waals surface area contributed by atoms with E-state index in [4.69, 9.17) is 34.8 Å². The number of nitrogens with zero attached hydrogens (tertiary/aromatic N) is 3. The number of carbonyl (C=O) groups is 1. The van der Waals surface area contributed by atoms with Gasteiger partial charge in [-0.25, -0.2) is 9.78 Å². The molecule has 1 fully saturated rings. The highest BCUT2D eigenvalue weighted by molar-refractivity contribution is 6.42. The quantitative estimate of drug-likeness (QED) is 0.285. The van der Waals surface area contributed by atoms with Gasteiger partial charge in [0.05, 0.1) is 10.0 Å². The number of piperidine rings is 1. The van der Waals surface area contributed by atoms with E-state index in [0.717, 1.165) is 11.1 Å². The lowest BCUT2D eigenvalue weighted by Gasteiger charge is -2.39. The van der Waals surface area contributed by atoms with Crippen LogP contribution in [0.5, 0.6) is 5.75 Å². The molecule has 1 N–H and O–H groups in total. The molecule has 12 heteroatoms. The van der Waals surface area contributed by atoms with Crippen LogP contribution in [0.25, 0.3) is 6.08 Å². The molecule has 2 aromatic carbocycles. The van der Waals surface area contributed by atoms with Crippen LogP contribution in [0.1, 0.15) is 29.5 Å². The van der Waals surface area contributed by atoms with Crippen LogP contribution in [0.4, 0.5) is 23.7 Å². The minimum atomic E-state index is -4.81. The fourth-order valence-electron chi connectivity index (χ4n) is 5.40. The molecule has 2 amide bonds. The summed E-state index contributed by atoms with van der Waals surface area (Å²) >= 11 is 18.0. The maximum atomic E-state index is 13.3. The van der Waals surface area contributed by atoms with Gasteiger partial charge in [0.1, 0.15) is 10.9 Å². The smallest absolute Gasteiger partial charge is 0.406 e. The summed E-state index contributed by atoms with van der Waals surface area (Å²) in [5.41, 5.74) is 2.49. The van der Waals surface area contributed by atoms with E-state index in [9.17, 15) is 18.0 Å². The molecule has 3 aromatic rings. The Morgan fingerprint density at radius 2 is 1.83 bits per heavy atom. The molecule has 2 aliphatic heterocycles. The molecule has 0 bridgehead atoms. The van der Waals surface area contributed by atoms with Gasteiger partial charge in [0.2, 0.25) is 0 Å². The molecule has 1 aromatic heterocycles. The van der Waals surface area contributed by atoms with Crippen molar-refractivity contribution in [3.63, 3.8) is 0 Å². The number of likely N-dealkylation sites (tertiary alicyclic amines) is 1. The Bertz CT molecular complexity index is 1460. The molecule has 1 spiro atoms. The number of amides is 2. The van der Waals surface area contributed by atoms with Crippen molar-refractivity contribution in [3.8, 4) is 5.75 Å². The van der Waals surface area contributed by atoms with Crippen LogP contribution < -0.4 is 15.0 Å². The van der Waals surface area contributed by atoms with Gasteiger partial charge in [0, 0.05) is 36.9 Å². The Kier molecular flexibility index (Phi) is 8.70. The number of urea groups is 1. The topological polar surface area (TPSA) is 57.7 Å². The third-order valence-corrected chi connectivity index (χ3v) is 8.38. The zero-order chi connectivity index (χ0) is 29.2. The molecule has 0 aliphatic carbocycles. The fraction of sp³-hybridized carbons (Fsp3) is 0.310. The summed E-state index contributed by atoms with van der Waals surface area (Å²) in [5.74, 6) is -0.295. The van der Waals surface area contributed by atoms with Gasteiger partial charge in [-0.15, -0.1) is 13.2 Å². The van der Waals surface area contributed by atoms with E-state index in [1.807, 2.05) is 18.2 Å². The van der Waals surface area contributed by atoms with Crippen molar-refractivity contribution in [1.82, 2.24) is 15.2 Å². The number of aromatic nitrogens is 1. The van der Waals surface area contributed by atoms with E-state index in [1.54, 1.807) is 35.4 Å². The van der Waals surface area contributed by atoms with Gasteiger partial charge in [0.25, 0.3) is 0 Å². The second-order valence-electron chi connectivity index (χ2n) is 10.1. The maximum Gasteiger partial charge on any atom is 0.573 e. The average molecular weight is 626 g/mol. The number of nitrogens with one attached hydrogen (secondary N) is 1. The van der Waals surface area contributed by atoms with Gasteiger partial charge in [-0.3, -0.25) is 9.80 Å². The predicted molar refractivity (Wildman–Crippen MR) is 155 cm³/mol. The van der Waals surface area contributed by atoms with Crippen LogP contribution in [0, 0.1) is 0 Å². The number of pyridine rings is 1. The Morgan fingerprint density at radius 3 is 2.54 bits per heavy atom. The van der Waals surface area contributed by atoms with Crippen LogP contribution >= 0.6 is 34.8 Å². The zero-order valence-corrected chi connectivity index (χ0v) is 24.0. The van der Waals surface area contributed by atoms with Gasteiger partial charge in [0.15, 0.2) is 0 Å². The minimum absolute atomic E-state index is 0.230. The van der Waals surface area contributed by atoms with Gasteiger partial charge < -0.3 is 10.1 Å². The van der Waals surface area contributed by atoms with Crippen molar-refractivity contribution in [2.45, 2.75) is 31.2 Å². The number of benzene rings is 2. The molecule has 0 atom stereocenters. The molecule has 5 rings (SSSR count). The zero-order valence-electron chi connectivity index (χ0n) is 21.7. The minimum Gasteiger partial charge on any atom is -0.406 e. The Hall–Kier alpha value is -2.98. The molecule has 0 saturated carbocycles. The summed E-state index contributed by atoms with van der Waals surface area (Å²) in [5, 5.41) is 4.20. The first-order valence-electron chi connectivity index (χ1n) is 12.9. The number of anilines is 1. The lowest BCUT2D eigenvalue weighted by molar-refractivity contribution is -0.274. The first kappa shape index (κ1) is 29.5. The molecule has 3 heterocycles. The molecule has 2 aliphatic rings. The molecule has 0 radical (unpaired) electrons. The summed E-state index contributed by atoms with van der Waals surface area (Å²) in [6, 6.07) is 12.7. The van der Waals surface area contributed by atoms with E-state index in [-0.39, 0.29) is 18.3 Å². The molecule has 0 unspecified atom stereocenters. The largest absolute Gasteiger partial charge is 0.573 e. The predicted octanol–water partition coefficient (Wildman–Crippen LogP) is 7.72. The third-order valence-electron chi connectivity index (χ3n) is 7.44. The van der Waals surface area contributed by atoms with Crippen molar-refractivity contribution < 1.29 is 22.7 Å². The van der Waals surface area contributed by atoms with Crippen molar-refractivity contribution in [2.24, 2.45) is 0 Å². The molecular formula is C29H26Cl3F3N4O2. The number of carbonyl (C=O) groups excluding carboxylic acids is 1. The number of hydrogen-bond acceptors (Lipinski definition) is 4. The number of alkyl halides is 3. The lowest BCUT2D eigenvalue weighted by Crippen LogP contribution is -2.47. The highest BCUT2D eigenvalue weighted by Gasteiger charge is 2.47. The van der Waals surface area contributed by atoms with Crippen LogP contribution in [0.15, 0.2) is 60.8 Å². The average Bonchev–Trinajstić information content (AvgIpc) is 3.23. The molecule has 216 valence electrons.